The third kappa shape index (κ3) is 6.23. The van der Waals surface area contributed by atoms with E-state index in [9.17, 15) is 13.6 Å². The SMILES string of the molecule is O=C(NCC(O)C(F)F)OCCO. The zero-order valence-electron chi connectivity index (χ0n) is 6.74. The van der Waals surface area contributed by atoms with E-state index in [2.05, 4.69) is 4.74 Å². The van der Waals surface area contributed by atoms with Gasteiger partial charge in [0.05, 0.1) is 13.2 Å². The number of halogens is 2. The van der Waals surface area contributed by atoms with Gasteiger partial charge in [0, 0.05) is 0 Å². The monoisotopic (exact) mass is 199 g/mol. The average molecular weight is 199 g/mol. The van der Waals surface area contributed by atoms with Crippen molar-refractivity contribution in [3.8, 4) is 0 Å². The third-order valence-electron chi connectivity index (χ3n) is 1.07. The van der Waals surface area contributed by atoms with E-state index < -0.39 is 25.2 Å². The average Bonchev–Trinajstić information content (AvgIpc) is 2.10. The van der Waals surface area contributed by atoms with Crippen LogP contribution in [0.1, 0.15) is 0 Å². The zero-order valence-corrected chi connectivity index (χ0v) is 6.74. The number of nitrogens with one attached hydrogen (secondary N) is 1. The molecule has 0 aromatic rings. The van der Waals surface area contributed by atoms with Crippen LogP contribution >= 0.6 is 0 Å². The minimum Gasteiger partial charge on any atom is -0.447 e. The lowest BCUT2D eigenvalue weighted by Gasteiger charge is -2.10. The number of amides is 1. The highest BCUT2D eigenvalue weighted by Gasteiger charge is 2.17. The fourth-order valence-electron chi connectivity index (χ4n) is 0.466. The maximum atomic E-state index is 11.6. The van der Waals surface area contributed by atoms with Crippen molar-refractivity contribution in [3.05, 3.63) is 0 Å². The number of alkyl carbamates (subject to hydrolysis) is 1. The van der Waals surface area contributed by atoms with E-state index in [1.54, 1.807) is 0 Å². The second kappa shape index (κ2) is 6.55. The molecule has 0 rings (SSSR count). The lowest BCUT2D eigenvalue weighted by atomic mass is 10.4. The van der Waals surface area contributed by atoms with Gasteiger partial charge in [0.25, 0.3) is 6.43 Å². The first kappa shape index (κ1) is 12.0. The molecule has 0 bridgehead atoms. The fraction of sp³-hybridized carbons (Fsp3) is 0.833. The first-order valence-electron chi connectivity index (χ1n) is 3.55. The number of ether oxygens (including phenoxy) is 1. The van der Waals surface area contributed by atoms with Crippen molar-refractivity contribution < 1.29 is 28.5 Å². The standard InChI is InChI=1S/C6H11F2NO4/c7-5(8)4(11)3-9-6(12)13-2-1-10/h4-5,10-11H,1-3H2,(H,9,12). The Balaban J connectivity index is 3.46. The molecule has 0 aromatic heterocycles. The van der Waals surface area contributed by atoms with Gasteiger partial charge < -0.3 is 20.3 Å². The van der Waals surface area contributed by atoms with Crippen molar-refractivity contribution in [3.63, 3.8) is 0 Å². The molecule has 0 aliphatic rings. The van der Waals surface area contributed by atoms with Gasteiger partial charge in [0.15, 0.2) is 0 Å². The Labute approximate surface area is 73.3 Å². The molecule has 0 heterocycles. The Kier molecular flexibility index (Phi) is 6.07. The van der Waals surface area contributed by atoms with Crippen LogP contribution in [0.5, 0.6) is 0 Å². The molecule has 0 fully saturated rings. The van der Waals surface area contributed by atoms with Gasteiger partial charge in [-0.1, -0.05) is 0 Å². The Morgan fingerprint density at radius 2 is 2.15 bits per heavy atom. The predicted molar refractivity (Wildman–Crippen MR) is 38.4 cm³/mol. The molecule has 0 aliphatic carbocycles. The molecule has 3 N–H and O–H groups in total. The first-order valence-corrected chi connectivity index (χ1v) is 3.55. The molecular formula is C6H11F2NO4. The second-order valence-corrected chi connectivity index (χ2v) is 2.14. The molecular weight excluding hydrogens is 188 g/mol. The number of carbonyl (C=O) groups is 1. The van der Waals surface area contributed by atoms with Gasteiger partial charge in [0.2, 0.25) is 0 Å². The smallest absolute Gasteiger partial charge is 0.407 e. The van der Waals surface area contributed by atoms with E-state index in [0.29, 0.717) is 0 Å². The lowest BCUT2D eigenvalue weighted by molar-refractivity contribution is -0.00350. The van der Waals surface area contributed by atoms with E-state index >= 15 is 0 Å². The molecule has 0 aromatic carbocycles. The van der Waals surface area contributed by atoms with E-state index in [0.717, 1.165) is 0 Å². The number of aliphatic hydroxyl groups is 2. The molecule has 1 atom stereocenters. The largest absolute Gasteiger partial charge is 0.447 e. The number of alkyl halides is 2. The summed E-state index contributed by atoms with van der Waals surface area (Å²) in [5.41, 5.74) is 0. The van der Waals surface area contributed by atoms with Crippen LogP contribution in [0.25, 0.3) is 0 Å². The van der Waals surface area contributed by atoms with E-state index in [1.165, 1.54) is 0 Å². The molecule has 0 spiro atoms. The van der Waals surface area contributed by atoms with E-state index in [4.69, 9.17) is 10.2 Å². The van der Waals surface area contributed by atoms with Crippen LogP contribution in [0, 0.1) is 0 Å². The summed E-state index contributed by atoms with van der Waals surface area (Å²) < 4.78 is 27.6. The van der Waals surface area contributed by atoms with Crippen LogP contribution in [0.3, 0.4) is 0 Å². The van der Waals surface area contributed by atoms with Crippen LogP contribution in [0.2, 0.25) is 0 Å². The lowest BCUT2D eigenvalue weighted by Crippen LogP contribution is -2.36. The summed E-state index contributed by atoms with van der Waals surface area (Å²) in [4.78, 5) is 10.5. The third-order valence-corrected chi connectivity index (χ3v) is 1.07. The molecule has 5 nitrogen and oxygen atoms in total. The van der Waals surface area contributed by atoms with Crippen LogP contribution in [-0.4, -0.2) is 48.6 Å². The summed E-state index contributed by atoms with van der Waals surface area (Å²) in [5.74, 6) is 0. The molecule has 0 saturated carbocycles. The van der Waals surface area contributed by atoms with Crippen LogP contribution in [0.4, 0.5) is 13.6 Å². The molecule has 1 amide bonds. The van der Waals surface area contributed by atoms with Crippen molar-refractivity contribution in [2.24, 2.45) is 0 Å². The van der Waals surface area contributed by atoms with Crippen molar-refractivity contribution in [1.29, 1.82) is 0 Å². The second-order valence-electron chi connectivity index (χ2n) is 2.14. The molecule has 7 heteroatoms. The number of carbonyl (C=O) groups excluding carboxylic acids is 1. The van der Waals surface area contributed by atoms with Gasteiger partial charge in [-0.3, -0.25) is 0 Å². The molecule has 13 heavy (non-hydrogen) atoms. The summed E-state index contributed by atoms with van der Waals surface area (Å²) in [7, 11) is 0. The summed E-state index contributed by atoms with van der Waals surface area (Å²) in [6, 6.07) is 0. The maximum absolute atomic E-state index is 11.6. The first-order chi connectivity index (χ1) is 6.07. The highest BCUT2D eigenvalue weighted by molar-refractivity contribution is 5.67. The van der Waals surface area contributed by atoms with E-state index in [-0.39, 0.29) is 13.2 Å². The zero-order chi connectivity index (χ0) is 10.3. The number of hydrogen-bond acceptors (Lipinski definition) is 4. The Bertz CT molecular complexity index is 156. The minimum absolute atomic E-state index is 0.212. The number of rotatable bonds is 5. The molecule has 0 aliphatic heterocycles. The van der Waals surface area contributed by atoms with Gasteiger partial charge in [-0.05, 0) is 0 Å². The topological polar surface area (TPSA) is 78.8 Å². The predicted octanol–water partition coefficient (Wildman–Crippen LogP) is -0.669. The van der Waals surface area contributed by atoms with Gasteiger partial charge >= 0.3 is 6.09 Å². The molecule has 78 valence electrons. The van der Waals surface area contributed by atoms with Gasteiger partial charge in [-0.2, -0.15) is 0 Å². The molecule has 0 saturated heterocycles. The maximum Gasteiger partial charge on any atom is 0.407 e. The minimum atomic E-state index is -2.90. The summed E-state index contributed by atoms with van der Waals surface area (Å²) in [6.07, 6.45) is -5.76. The van der Waals surface area contributed by atoms with Crippen LogP contribution in [0.15, 0.2) is 0 Å². The van der Waals surface area contributed by atoms with Gasteiger partial charge in [-0.25, -0.2) is 13.6 Å². The highest BCUT2D eigenvalue weighted by Crippen LogP contribution is 1.98. The van der Waals surface area contributed by atoms with Crippen molar-refractivity contribution in [1.82, 2.24) is 5.32 Å². The Morgan fingerprint density at radius 3 is 2.62 bits per heavy atom. The normalized spacial score (nSPS) is 12.7. The number of hydrogen-bond donors (Lipinski definition) is 3. The fourth-order valence-corrected chi connectivity index (χ4v) is 0.466. The Morgan fingerprint density at radius 1 is 1.54 bits per heavy atom. The van der Waals surface area contributed by atoms with Crippen LogP contribution in [-0.2, 0) is 4.74 Å². The van der Waals surface area contributed by atoms with Crippen LogP contribution < -0.4 is 5.32 Å². The van der Waals surface area contributed by atoms with Gasteiger partial charge in [-0.15, -0.1) is 0 Å². The summed E-state index contributed by atoms with van der Waals surface area (Å²) >= 11 is 0. The van der Waals surface area contributed by atoms with Crippen molar-refractivity contribution >= 4 is 6.09 Å². The van der Waals surface area contributed by atoms with Crippen molar-refractivity contribution in [2.75, 3.05) is 19.8 Å². The van der Waals surface area contributed by atoms with E-state index in [1.807, 2.05) is 5.32 Å². The Hall–Kier alpha value is -0.950. The van der Waals surface area contributed by atoms with Crippen molar-refractivity contribution in [2.45, 2.75) is 12.5 Å². The summed E-state index contributed by atoms with van der Waals surface area (Å²) in [5, 5.41) is 18.6. The summed E-state index contributed by atoms with van der Waals surface area (Å²) in [6.45, 7) is -1.14. The molecule has 0 radical (unpaired) electrons. The quantitative estimate of drug-likeness (QED) is 0.548. The number of aliphatic hydroxyl groups excluding tert-OH is 2. The highest BCUT2D eigenvalue weighted by atomic mass is 19.3. The van der Waals surface area contributed by atoms with Gasteiger partial charge in [0.1, 0.15) is 12.7 Å². The molecule has 1 unspecified atom stereocenters.